The summed E-state index contributed by atoms with van der Waals surface area (Å²) < 4.78 is 11.5. The van der Waals surface area contributed by atoms with Gasteiger partial charge in [-0.25, -0.2) is 10.2 Å². The standard InChI is InChI=1S/C22H16BrClN2O4/c23-17-6-2-5-16(11-17)22(28)30-20-9-1-4-15(10-20)13-25-26-21(27)14-29-19-8-3-7-18(24)12-19/h1-13H,14H2,(H,26,27)/b25-13+. The highest BCUT2D eigenvalue weighted by Gasteiger charge is 2.09. The van der Waals surface area contributed by atoms with E-state index >= 15 is 0 Å². The van der Waals surface area contributed by atoms with Crippen molar-refractivity contribution in [1.29, 1.82) is 0 Å². The second-order valence-corrected chi connectivity index (χ2v) is 7.36. The number of rotatable bonds is 7. The lowest BCUT2D eigenvalue weighted by Crippen LogP contribution is -2.24. The van der Waals surface area contributed by atoms with E-state index in [1.54, 1.807) is 66.7 Å². The number of hydrogen-bond acceptors (Lipinski definition) is 5. The molecule has 1 N–H and O–H groups in total. The Hall–Kier alpha value is -3.16. The minimum atomic E-state index is -0.475. The van der Waals surface area contributed by atoms with Gasteiger partial charge in [-0.3, -0.25) is 4.79 Å². The van der Waals surface area contributed by atoms with Crippen LogP contribution < -0.4 is 14.9 Å². The Kier molecular flexibility index (Phi) is 7.59. The molecule has 0 heterocycles. The van der Waals surface area contributed by atoms with Gasteiger partial charge in [-0.1, -0.05) is 51.8 Å². The first-order valence-corrected chi connectivity index (χ1v) is 9.95. The average Bonchev–Trinajstić information content (AvgIpc) is 2.73. The van der Waals surface area contributed by atoms with Crippen molar-refractivity contribution in [2.45, 2.75) is 0 Å². The third kappa shape index (κ3) is 6.72. The Morgan fingerprint density at radius 3 is 2.57 bits per heavy atom. The molecule has 8 heteroatoms. The number of benzene rings is 3. The van der Waals surface area contributed by atoms with Crippen molar-refractivity contribution < 1.29 is 19.1 Å². The lowest BCUT2D eigenvalue weighted by atomic mass is 10.2. The van der Waals surface area contributed by atoms with Crippen LogP contribution in [0, 0.1) is 0 Å². The maximum absolute atomic E-state index is 12.2. The van der Waals surface area contributed by atoms with Crippen molar-refractivity contribution in [2.75, 3.05) is 6.61 Å². The third-order valence-electron chi connectivity index (χ3n) is 3.70. The van der Waals surface area contributed by atoms with Gasteiger partial charge in [0.1, 0.15) is 11.5 Å². The average molecular weight is 488 g/mol. The Balaban J connectivity index is 1.52. The summed E-state index contributed by atoms with van der Waals surface area (Å²) in [7, 11) is 0. The van der Waals surface area contributed by atoms with E-state index in [0.29, 0.717) is 27.6 Å². The van der Waals surface area contributed by atoms with Crippen LogP contribution in [0.3, 0.4) is 0 Å². The molecule has 0 saturated heterocycles. The number of ether oxygens (including phenoxy) is 2. The van der Waals surface area contributed by atoms with Crippen LogP contribution in [-0.2, 0) is 4.79 Å². The highest BCUT2D eigenvalue weighted by atomic mass is 79.9. The van der Waals surface area contributed by atoms with E-state index in [1.807, 2.05) is 6.07 Å². The van der Waals surface area contributed by atoms with E-state index in [4.69, 9.17) is 21.1 Å². The van der Waals surface area contributed by atoms with Crippen molar-refractivity contribution in [1.82, 2.24) is 5.43 Å². The predicted octanol–water partition coefficient (Wildman–Crippen LogP) is 4.85. The number of hydrogen-bond donors (Lipinski definition) is 1. The van der Waals surface area contributed by atoms with Crippen LogP contribution in [0.15, 0.2) is 82.4 Å². The summed E-state index contributed by atoms with van der Waals surface area (Å²) in [6.45, 7) is -0.206. The quantitative estimate of drug-likeness (QED) is 0.224. The Morgan fingerprint density at radius 2 is 1.77 bits per heavy atom. The number of esters is 1. The molecule has 0 atom stereocenters. The largest absolute Gasteiger partial charge is 0.484 e. The zero-order valence-electron chi connectivity index (χ0n) is 15.5. The van der Waals surface area contributed by atoms with Crippen LogP contribution >= 0.6 is 27.5 Å². The van der Waals surface area contributed by atoms with E-state index in [9.17, 15) is 9.59 Å². The molecule has 0 aliphatic carbocycles. The second-order valence-electron chi connectivity index (χ2n) is 6.01. The van der Waals surface area contributed by atoms with Crippen molar-refractivity contribution in [2.24, 2.45) is 5.10 Å². The molecule has 152 valence electrons. The molecule has 6 nitrogen and oxygen atoms in total. The maximum Gasteiger partial charge on any atom is 0.343 e. The highest BCUT2D eigenvalue weighted by Crippen LogP contribution is 2.18. The number of hydrazone groups is 1. The minimum Gasteiger partial charge on any atom is -0.484 e. The molecule has 3 aromatic rings. The Bertz CT molecular complexity index is 1090. The van der Waals surface area contributed by atoms with Crippen LogP contribution in [0.2, 0.25) is 5.02 Å². The summed E-state index contributed by atoms with van der Waals surface area (Å²) in [5, 5.41) is 4.40. The van der Waals surface area contributed by atoms with E-state index in [2.05, 4.69) is 26.5 Å². The number of nitrogens with one attached hydrogen (secondary N) is 1. The highest BCUT2D eigenvalue weighted by molar-refractivity contribution is 9.10. The molecule has 0 spiro atoms. The first-order valence-electron chi connectivity index (χ1n) is 8.78. The molecule has 30 heavy (non-hydrogen) atoms. The van der Waals surface area contributed by atoms with E-state index in [1.165, 1.54) is 6.21 Å². The van der Waals surface area contributed by atoms with Crippen LogP contribution in [0.1, 0.15) is 15.9 Å². The van der Waals surface area contributed by atoms with Crippen molar-refractivity contribution >= 4 is 45.6 Å². The predicted molar refractivity (Wildman–Crippen MR) is 118 cm³/mol. The minimum absolute atomic E-state index is 0.206. The molecular formula is C22H16BrClN2O4. The molecule has 0 aromatic heterocycles. The van der Waals surface area contributed by atoms with E-state index < -0.39 is 11.9 Å². The van der Waals surface area contributed by atoms with Gasteiger partial charge < -0.3 is 9.47 Å². The third-order valence-corrected chi connectivity index (χ3v) is 4.43. The van der Waals surface area contributed by atoms with Gasteiger partial charge in [0.2, 0.25) is 0 Å². The number of nitrogens with zero attached hydrogens (tertiary/aromatic N) is 1. The normalized spacial score (nSPS) is 10.6. The van der Waals surface area contributed by atoms with Crippen LogP contribution in [0.25, 0.3) is 0 Å². The molecule has 0 saturated carbocycles. The number of halogens is 2. The zero-order valence-corrected chi connectivity index (χ0v) is 17.9. The lowest BCUT2D eigenvalue weighted by Gasteiger charge is -2.06. The van der Waals surface area contributed by atoms with Gasteiger partial charge >= 0.3 is 5.97 Å². The Morgan fingerprint density at radius 1 is 1.00 bits per heavy atom. The second kappa shape index (κ2) is 10.6. The molecule has 1 amide bonds. The summed E-state index contributed by atoms with van der Waals surface area (Å²) in [6.07, 6.45) is 1.44. The van der Waals surface area contributed by atoms with Gasteiger partial charge in [0.15, 0.2) is 6.61 Å². The first kappa shape index (κ1) is 21.5. The molecule has 3 rings (SSSR count). The van der Waals surface area contributed by atoms with Gasteiger partial charge in [0, 0.05) is 9.50 Å². The van der Waals surface area contributed by atoms with Crippen LogP contribution in [-0.4, -0.2) is 24.7 Å². The smallest absolute Gasteiger partial charge is 0.343 e. The van der Waals surface area contributed by atoms with E-state index in [0.717, 1.165) is 4.47 Å². The monoisotopic (exact) mass is 486 g/mol. The first-order chi connectivity index (χ1) is 14.5. The summed E-state index contributed by atoms with van der Waals surface area (Å²) in [4.78, 5) is 24.1. The van der Waals surface area contributed by atoms with Gasteiger partial charge in [-0.15, -0.1) is 0 Å². The summed E-state index contributed by atoms with van der Waals surface area (Å²) >= 11 is 9.18. The van der Waals surface area contributed by atoms with Crippen molar-refractivity contribution in [3.63, 3.8) is 0 Å². The van der Waals surface area contributed by atoms with Crippen molar-refractivity contribution in [3.8, 4) is 11.5 Å². The maximum atomic E-state index is 12.2. The van der Waals surface area contributed by atoms with Gasteiger partial charge in [0.25, 0.3) is 5.91 Å². The molecule has 3 aromatic carbocycles. The van der Waals surface area contributed by atoms with Gasteiger partial charge in [-0.05, 0) is 54.1 Å². The molecule has 0 fully saturated rings. The molecule has 0 radical (unpaired) electrons. The number of carbonyl (C=O) groups is 2. The van der Waals surface area contributed by atoms with Crippen LogP contribution in [0.5, 0.6) is 11.5 Å². The lowest BCUT2D eigenvalue weighted by molar-refractivity contribution is -0.123. The SMILES string of the molecule is O=C(COc1cccc(Cl)c1)N/N=C/c1cccc(OC(=O)c2cccc(Br)c2)c1. The van der Waals surface area contributed by atoms with Gasteiger partial charge in [-0.2, -0.15) is 5.10 Å². The molecule has 0 aliphatic rings. The summed E-state index contributed by atoms with van der Waals surface area (Å²) in [6, 6.07) is 20.4. The fourth-order valence-corrected chi connectivity index (χ4v) is 2.94. The molecular weight excluding hydrogens is 472 g/mol. The fourth-order valence-electron chi connectivity index (χ4n) is 2.36. The number of amides is 1. The topological polar surface area (TPSA) is 77.0 Å². The molecule has 0 unspecified atom stereocenters. The number of carbonyl (C=O) groups excluding carboxylic acids is 2. The molecule has 0 aliphatic heterocycles. The van der Waals surface area contributed by atoms with Gasteiger partial charge in [0.05, 0.1) is 11.8 Å². The molecule has 0 bridgehead atoms. The summed E-state index contributed by atoms with van der Waals surface area (Å²) in [5.74, 6) is -0.0542. The summed E-state index contributed by atoms with van der Waals surface area (Å²) in [5.41, 5.74) is 3.44. The van der Waals surface area contributed by atoms with Crippen molar-refractivity contribution in [3.05, 3.63) is 93.4 Å². The Labute approximate surface area is 186 Å². The van der Waals surface area contributed by atoms with E-state index in [-0.39, 0.29) is 6.61 Å². The van der Waals surface area contributed by atoms with Crippen LogP contribution in [0.4, 0.5) is 0 Å². The fraction of sp³-hybridized carbons (Fsp3) is 0.0455. The zero-order chi connectivity index (χ0) is 21.3.